The molecule has 0 saturated carbocycles. The largest absolute Gasteiger partial charge is 0.483 e. The molecule has 0 aliphatic carbocycles. The van der Waals surface area contributed by atoms with Crippen molar-refractivity contribution < 1.29 is 14.3 Å². The maximum absolute atomic E-state index is 13.1. The lowest BCUT2D eigenvalue weighted by molar-refractivity contribution is -0.142. The standard InChI is InChI=1S/C23H28Cl2N2O3/c1-5-11-26-23(29)17(4)27(13-18-19(24)7-6-8-20(18)25)22(28)14-30-21-12-15(2)9-10-16(21)3/h6-10,12,17H,5,11,13-14H2,1-4H3,(H,26,29)/t17-/m1/s1. The lowest BCUT2D eigenvalue weighted by Crippen LogP contribution is -2.49. The number of aryl methyl sites for hydroxylation is 2. The predicted octanol–water partition coefficient (Wildman–Crippen LogP) is 4.93. The molecule has 0 bridgehead atoms. The van der Waals surface area contributed by atoms with Gasteiger partial charge in [0.05, 0.1) is 0 Å². The van der Waals surface area contributed by atoms with Crippen LogP contribution in [0.5, 0.6) is 5.75 Å². The smallest absolute Gasteiger partial charge is 0.261 e. The Balaban J connectivity index is 2.23. The first-order valence-corrected chi connectivity index (χ1v) is 10.7. The molecule has 2 aromatic rings. The van der Waals surface area contributed by atoms with Crippen molar-refractivity contribution in [1.82, 2.24) is 10.2 Å². The second kappa shape index (κ2) is 11.2. The quantitative estimate of drug-likeness (QED) is 0.588. The molecule has 0 aliphatic heterocycles. The van der Waals surface area contributed by atoms with Gasteiger partial charge in [-0.25, -0.2) is 0 Å². The van der Waals surface area contributed by atoms with Crippen LogP contribution in [0, 0.1) is 13.8 Å². The summed E-state index contributed by atoms with van der Waals surface area (Å²) in [6, 6.07) is 10.3. The molecule has 0 heterocycles. The lowest BCUT2D eigenvalue weighted by atomic mass is 10.1. The van der Waals surface area contributed by atoms with Gasteiger partial charge in [-0.3, -0.25) is 9.59 Å². The normalized spacial score (nSPS) is 11.7. The van der Waals surface area contributed by atoms with Gasteiger partial charge in [-0.15, -0.1) is 0 Å². The van der Waals surface area contributed by atoms with E-state index < -0.39 is 6.04 Å². The van der Waals surface area contributed by atoms with Crippen LogP contribution in [-0.4, -0.2) is 35.9 Å². The van der Waals surface area contributed by atoms with E-state index in [4.69, 9.17) is 27.9 Å². The Labute approximate surface area is 188 Å². The Kier molecular flexibility index (Phi) is 9.00. The van der Waals surface area contributed by atoms with Gasteiger partial charge in [-0.05, 0) is 56.5 Å². The molecule has 1 N–H and O–H groups in total. The van der Waals surface area contributed by atoms with Crippen molar-refractivity contribution in [3.05, 3.63) is 63.1 Å². The average Bonchev–Trinajstić information content (AvgIpc) is 2.71. The van der Waals surface area contributed by atoms with E-state index in [2.05, 4.69) is 5.32 Å². The van der Waals surface area contributed by atoms with Crippen molar-refractivity contribution >= 4 is 35.0 Å². The summed E-state index contributed by atoms with van der Waals surface area (Å²) >= 11 is 12.6. The van der Waals surface area contributed by atoms with Gasteiger partial charge < -0.3 is 15.0 Å². The number of halogens is 2. The summed E-state index contributed by atoms with van der Waals surface area (Å²) in [6.45, 7) is 7.98. The topological polar surface area (TPSA) is 58.6 Å². The second-order valence-corrected chi connectivity index (χ2v) is 8.06. The Morgan fingerprint density at radius 1 is 1.13 bits per heavy atom. The number of ether oxygens (including phenoxy) is 1. The van der Waals surface area contributed by atoms with E-state index in [1.807, 2.05) is 39.0 Å². The number of carbonyl (C=O) groups is 2. The van der Waals surface area contributed by atoms with Gasteiger partial charge in [0.2, 0.25) is 5.91 Å². The van der Waals surface area contributed by atoms with Gasteiger partial charge in [0.15, 0.2) is 6.61 Å². The lowest BCUT2D eigenvalue weighted by Gasteiger charge is -2.29. The summed E-state index contributed by atoms with van der Waals surface area (Å²) in [5.41, 5.74) is 2.56. The Morgan fingerprint density at radius 2 is 1.80 bits per heavy atom. The molecule has 0 fully saturated rings. The van der Waals surface area contributed by atoms with Crippen LogP contribution in [-0.2, 0) is 16.1 Å². The van der Waals surface area contributed by atoms with Crippen LogP contribution in [0.25, 0.3) is 0 Å². The maximum atomic E-state index is 13.1. The van der Waals surface area contributed by atoms with Gasteiger partial charge in [-0.2, -0.15) is 0 Å². The molecule has 2 amide bonds. The number of nitrogens with one attached hydrogen (secondary N) is 1. The van der Waals surface area contributed by atoms with Crippen molar-refractivity contribution in [3.8, 4) is 5.75 Å². The van der Waals surface area contributed by atoms with Gasteiger partial charge in [-0.1, -0.05) is 48.3 Å². The van der Waals surface area contributed by atoms with Gasteiger partial charge in [0, 0.05) is 28.7 Å². The van der Waals surface area contributed by atoms with Gasteiger partial charge in [0.1, 0.15) is 11.8 Å². The third-order valence-corrected chi connectivity index (χ3v) is 5.51. The highest BCUT2D eigenvalue weighted by atomic mass is 35.5. The summed E-state index contributed by atoms with van der Waals surface area (Å²) < 4.78 is 5.78. The fourth-order valence-electron chi connectivity index (χ4n) is 2.92. The molecule has 0 spiro atoms. The molecule has 1 atom stereocenters. The Hall–Kier alpha value is -2.24. The molecule has 0 aliphatic rings. The summed E-state index contributed by atoms with van der Waals surface area (Å²) in [7, 11) is 0. The van der Waals surface area contributed by atoms with E-state index in [0.29, 0.717) is 27.9 Å². The van der Waals surface area contributed by atoms with E-state index in [-0.39, 0.29) is 25.0 Å². The number of nitrogens with zero attached hydrogens (tertiary/aromatic N) is 1. The number of carbonyl (C=O) groups excluding carboxylic acids is 2. The zero-order chi connectivity index (χ0) is 22.3. The maximum Gasteiger partial charge on any atom is 0.261 e. The van der Waals surface area contributed by atoms with Crippen molar-refractivity contribution in [2.45, 2.75) is 46.7 Å². The zero-order valence-electron chi connectivity index (χ0n) is 17.8. The van der Waals surface area contributed by atoms with Crippen LogP contribution >= 0.6 is 23.2 Å². The summed E-state index contributed by atoms with van der Waals surface area (Å²) in [6.07, 6.45) is 0.804. The Morgan fingerprint density at radius 3 is 2.43 bits per heavy atom. The zero-order valence-corrected chi connectivity index (χ0v) is 19.3. The first kappa shape index (κ1) is 24.0. The number of amides is 2. The van der Waals surface area contributed by atoms with E-state index in [1.54, 1.807) is 25.1 Å². The second-order valence-electron chi connectivity index (χ2n) is 7.25. The number of rotatable bonds is 9. The molecule has 0 radical (unpaired) electrons. The van der Waals surface area contributed by atoms with Crippen LogP contribution in [0.3, 0.4) is 0 Å². The van der Waals surface area contributed by atoms with E-state index in [0.717, 1.165) is 17.5 Å². The highest BCUT2D eigenvalue weighted by Gasteiger charge is 2.27. The molecule has 2 rings (SSSR count). The molecule has 0 unspecified atom stereocenters. The molecule has 5 nitrogen and oxygen atoms in total. The van der Waals surface area contributed by atoms with Crippen LogP contribution in [0.15, 0.2) is 36.4 Å². The third-order valence-electron chi connectivity index (χ3n) is 4.80. The predicted molar refractivity (Wildman–Crippen MR) is 121 cm³/mol. The first-order valence-electron chi connectivity index (χ1n) is 9.94. The first-order chi connectivity index (χ1) is 14.2. The molecule has 7 heteroatoms. The van der Waals surface area contributed by atoms with Crippen LogP contribution in [0.1, 0.15) is 37.0 Å². The van der Waals surface area contributed by atoms with Crippen molar-refractivity contribution in [1.29, 1.82) is 0 Å². The summed E-state index contributed by atoms with van der Waals surface area (Å²) in [5.74, 6) is 0.0771. The van der Waals surface area contributed by atoms with Crippen molar-refractivity contribution in [2.75, 3.05) is 13.2 Å². The van der Waals surface area contributed by atoms with Crippen molar-refractivity contribution in [2.24, 2.45) is 0 Å². The number of benzene rings is 2. The van der Waals surface area contributed by atoms with E-state index in [1.165, 1.54) is 4.90 Å². The van der Waals surface area contributed by atoms with Crippen LogP contribution < -0.4 is 10.1 Å². The monoisotopic (exact) mass is 450 g/mol. The summed E-state index contributed by atoms with van der Waals surface area (Å²) in [5, 5.41) is 3.72. The summed E-state index contributed by atoms with van der Waals surface area (Å²) in [4.78, 5) is 27.1. The molecule has 0 saturated heterocycles. The van der Waals surface area contributed by atoms with E-state index in [9.17, 15) is 9.59 Å². The SMILES string of the molecule is CCCNC(=O)[C@@H](C)N(Cc1c(Cl)cccc1Cl)C(=O)COc1cc(C)ccc1C. The number of hydrogen-bond donors (Lipinski definition) is 1. The third kappa shape index (κ3) is 6.38. The van der Waals surface area contributed by atoms with Crippen molar-refractivity contribution in [3.63, 3.8) is 0 Å². The minimum Gasteiger partial charge on any atom is -0.483 e. The minimum atomic E-state index is -0.710. The van der Waals surface area contributed by atoms with Gasteiger partial charge in [0.25, 0.3) is 5.91 Å². The molecule has 0 aromatic heterocycles. The molecular formula is C23H28Cl2N2O3. The molecule has 162 valence electrons. The van der Waals surface area contributed by atoms with E-state index >= 15 is 0 Å². The highest BCUT2D eigenvalue weighted by molar-refractivity contribution is 6.36. The average molecular weight is 451 g/mol. The minimum absolute atomic E-state index is 0.105. The Bertz CT molecular complexity index is 882. The van der Waals surface area contributed by atoms with Crippen LogP contribution in [0.4, 0.5) is 0 Å². The van der Waals surface area contributed by atoms with Gasteiger partial charge >= 0.3 is 0 Å². The van der Waals surface area contributed by atoms with Crippen LogP contribution in [0.2, 0.25) is 10.0 Å². The molecule has 30 heavy (non-hydrogen) atoms. The molecule has 2 aromatic carbocycles. The fraction of sp³-hybridized carbons (Fsp3) is 0.391. The molecular weight excluding hydrogens is 423 g/mol. The number of hydrogen-bond acceptors (Lipinski definition) is 3. The fourth-order valence-corrected chi connectivity index (χ4v) is 3.43. The highest BCUT2D eigenvalue weighted by Crippen LogP contribution is 2.27.